The third-order valence-electron chi connectivity index (χ3n) is 8.85. The van der Waals surface area contributed by atoms with Crippen LogP contribution < -0.4 is 4.90 Å². The number of benzene rings is 1. The quantitative estimate of drug-likeness (QED) is 0.638. The summed E-state index contributed by atoms with van der Waals surface area (Å²) < 4.78 is 14.1. The van der Waals surface area contributed by atoms with Gasteiger partial charge >= 0.3 is 0 Å². The Morgan fingerprint density at radius 1 is 1.07 bits per heavy atom. The first-order chi connectivity index (χ1) is 14.5. The number of nitrogens with zero attached hydrogens (tertiary/aromatic N) is 2. The largest absolute Gasteiger partial charge is 0.311 e. The average molecular weight is 413 g/mol. The number of rotatable bonds is 2. The van der Waals surface area contributed by atoms with Crippen LogP contribution in [0.3, 0.4) is 0 Å². The maximum absolute atomic E-state index is 14.1. The summed E-state index contributed by atoms with van der Waals surface area (Å²) in [5, 5.41) is 0. The number of hydrogen-bond acceptors (Lipinski definition) is 2. The Bertz CT molecular complexity index is 785. The van der Waals surface area contributed by atoms with Crippen LogP contribution in [0.25, 0.3) is 0 Å². The summed E-state index contributed by atoms with van der Waals surface area (Å²) in [6, 6.07) is 5.00. The van der Waals surface area contributed by atoms with Gasteiger partial charge in [0, 0.05) is 31.1 Å². The molecule has 1 aromatic rings. The molecule has 2 aliphatic carbocycles. The maximum atomic E-state index is 14.1. The average Bonchev–Trinajstić information content (AvgIpc) is 2.90. The van der Waals surface area contributed by atoms with E-state index in [4.69, 9.17) is 0 Å². The molecule has 3 fully saturated rings. The molecule has 5 rings (SSSR count). The molecule has 30 heavy (non-hydrogen) atoms. The van der Waals surface area contributed by atoms with E-state index in [-0.39, 0.29) is 17.1 Å². The Hall–Kier alpha value is -1.42. The standard InChI is InChI=1S/C26H37FN2O/c1-19(30)29-18-26(24-16-23(27)9-10-25(24)29)11-13-28(14-12-26)17-22-8-6-20-3-2-4-21(15-22)7-5-20/h9-10,16,20-22H,2-8,11-15,17-18H2,1H3. The molecular formula is C26H37FN2O. The molecule has 0 N–H and O–H groups in total. The smallest absolute Gasteiger partial charge is 0.223 e. The third-order valence-corrected chi connectivity index (χ3v) is 8.85. The van der Waals surface area contributed by atoms with Crippen molar-refractivity contribution in [1.29, 1.82) is 0 Å². The van der Waals surface area contributed by atoms with Gasteiger partial charge in [-0.25, -0.2) is 4.39 Å². The van der Waals surface area contributed by atoms with Crippen molar-refractivity contribution in [3.05, 3.63) is 29.6 Å². The van der Waals surface area contributed by atoms with Crippen molar-refractivity contribution < 1.29 is 9.18 Å². The van der Waals surface area contributed by atoms with E-state index in [0.29, 0.717) is 0 Å². The van der Waals surface area contributed by atoms with E-state index in [2.05, 4.69) is 4.90 Å². The van der Waals surface area contributed by atoms with Gasteiger partial charge in [-0.15, -0.1) is 0 Å². The number of carbonyl (C=O) groups is 1. The molecule has 2 aliphatic heterocycles. The van der Waals surface area contributed by atoms with E-state index in [1.54, 1.807) is 19.1 Å². The molecule has 164 valence electrons. The van der Waals surface area contributed by atoms with Gasteiger partial charge in [-0.3, -0.25) is 4.79 Å². The fraction of sp³-hybridized carbons (Fsp3) is 0.731. The highest BCUT2D eigenvalue weighted by Crippen LogP contribution is 2.47. The van der Waals surface area contributed by atoms with E-state index in [1.807, 2.05) is 4.90 Å². The lowest BCUT2D eigenvalue weighted by Crippen LogP contribution is -2.47. The van der Waals surface area contributed by atoms with Crippen LogP contribution in [0, 0.1) is 23.6 Å². The van der Waals surface area contributed by atoms with E-state index in [0.717, 1.165) is 61.5 Å². The Balaban J connectivity index is 1.25. The summed E-state index contributed by atoms with van der Waals surface area (Å²) in [5.74, 6) is 2.70. The van der Waals surface area contributed by atoms with Crippen LogP contribution in [0.2, 0.25) is 0 Å². The fourth-order valence-electron chi connectivity index (χ4n) is 7.08. The lowest BCUT2D eigenvalue weighted by Gasteiger charge is -2.41. The van der Waals surface area contributed by atoms with Crippen LogP contribution in [0.15, 0.2) is 18.2 Å². The van der Waals surface area contributed by atoms with Crippen LogP contribution >= 0.6 is 0 Å². The minimum atomic E-state index is -0.179. The molecular weight excluding hydrogens is 375 g/mol. The van der Waals surface area contributed by atoms with Crippen molar-refractivity contribution in [2.75, 3.05) is 31.1 Å². The molecule has 0 aromatic heterocycles. The number of hydrogen-bond donors (Lipinski definition) is 0. The first-order valence-electron chi connectivity index (χ1n) is 12.3. The zero-order valence-corrected chi connectivity index (χ0v) is 18.5. The van der Waals surface area contributed by atoms with E-state index in [1.165, 1.54) is 64.0 Å². The molecule has 3 nitrogen and oxygen atoms in total. The number of halogens is 1. The molecule has 1 aromatic carbocycles. The number of likely N-dealkylation sites (tertiary alicyclic amines) is 1. The number of anilines is 1. The summed E-state index contributed by atoms with van der Waals surface area (Å²) in [7, 11) is 0. The fourth-order valence-corrected chi connectivity index (χ4v) is 7.08. The van der Waals surface area contributed by atoms with Gasteiger partial charge in [0.25, 0.3) is 0 Å². The summed E-state index contributed by atoms with van der Waals surface area (Å²) in [5.41, 5.74) is 1.94. The van der Waals surface area contributed by atoms with Gasteiger partial charge < -0.3 is 9.80 Å². The molecule has 4 heteroatoms. The topological polar surface area (TPSA) is 23.6 Å². The van der Waals surface area contributed by atoms with E-state index >= 15 is 0 Å². The second-order valence-electron chi connectivity index (χ2n) is 10.8. The molecule has 3 atom stereocenters. The first kappa shape index (κ1) is 20.5. The van der Waals surface area contributed by atoms with Gasteiger partial charge in [-0.05, 0) is 80.3 Å². The normalized spacial score (nSPS) is 31.3. The van der Waals surface area contributed by atoms with Gasteiger partial charge in [0.15, 0.2) is 0 Å². The highest BCUT2D eigenvalue weighted by molar-refractivity contribution is 5.94. The molecule has 4 aliphatic rings. The van der Waals surface area contributed by atoms with Crippen LogP contribution in [0.4, 0.5) is 10.1 Å². The summed E-state index contributed by atoms with van der Waals surface area (Å²) in [4.78, 5) is 16.8. The molecule has 1 saturated heterocycles. The van der Waals surface area contributed by atoms with Crippen LogP contribution in [-0.2, 0) is 10.2 Å². The molecule has 1 spiro atoms. The Morgan fingerprint density at radius 3 is 2.60 bits per heavy atom. The predicted octanol–water partition coefficient (Wildman–Crippen LogP) is 5.52. The van der Waals surface area contributed by atoms with Crippen molar-refractivity contribution in [3.8, 4) is 0 Å². The van der Waals surface area contributed by atoms with Crippen LogP contribution in [0.1, 0.15) is 76.7 Å². The Morgan fingerprint density at radius 2 is 1.80 bits per heavy atom. The molecule has 3 unspecified atom stereocenters. The highest BCUT2D eigenvalue weighted by atomic mass is 19.1. The van der Waals surface area contributed by atoms with Crippen LogP contribution in [0.5, 0.6) is 0 Å². The lowest BCUT2D eigenvalue weighted by molar-refractivity contribution is -0.116. The van der Waals surface area contributed by atoms with Crippen molar-refractivity contribution in [3.63, 3.8) is 0 Å². The predicted molar refractivity (Wildman–Crippen MR) is 119 cm³/mol. The molecule has 0 radical (unpaired) electrons. The van der Waals surface area contributed by atoms with E-state index in [9.17, 15) is 9.18 Å². The Labute approximate surface area is 181 Å². The lowest BCUT2D eigenvalue weighted by atomic mass is 9.74. The molecule has 2 bridgehead atoms. The number of amides is 1. The second-order valence-corrected chi connectivity index (χ2v) is 10.8. The molecule has 1 amide bonds. The zero-order valence-electron chi connectivity index (χ0n) is 18.5. The van der Waals surface area contributed by atoms with Gasteiger partial charge in [-0.1, -0.05) is 38.5 Å². The summed E-state index contributed by atoms with van der Waals surface area (Å²) in [6.07, 6.45) is 13.7. The number of piperidine rings is 1. The maximum Gasteiger partial charge on any atom is 0.223 e. The summed E-state index contributed by atoms with van der Waals surface area (Å²) in [6.45, 7) is 5.75. The van der Waals surface area contributed by atoms with Crippen molar-refractivity contribution >= 4 is 11.6 Å². The van der Waals surface area contributed by atoms with Crippen molar-refractivity contribution in [2.45, 2.75) is 76.5 Å². The minimum Gasteiger partial charge on any atom is -0.311 e. The second kappa shape index (κ2) is 8.26. The van der Waals surface area contributed by atoms with Gasteiger partial charge in [0.2, 0.25) is 5.91 Å². The molecule has 2 heterocycles. The first-order valence-corrected chi connectivity index (χ1v) is 12.3. The van der Waals surface area contributed by atoms with Crippen molar-refractivity contribution in [1.82, 2.24) is 4.90 Å². The molecule has 2 saturated carbocycles. The SMILES string of the molecule is CC(=O)N1CC2(CCN(CC3CCC4CCCC(CC4)C3)CC2)c2cc(F)ccc21. The van der Waals surface area contributed by atoms with E-state index < -0.39 is 0 Å². The zero-order chi connectivity index (χ0) is 20.7. The van der Waals surface area contributed by atoms with Crippen LogP contribution in [-0.4, -0.2) is 37.0 Å². The number of carbonyl (C=O) groups excluding carboxylic acids is 1. The monoisotopic (exact) mass is 412 g/mol. The van der Waals surface area contributed by atoms with Crippen molar-refractivity contribution in [2.24, 2.45) is 17.8 Å². The van der Waals surface area contributed by atoms with Gasteiger partial charge in [0.1, 0.15) is 5.82 Å². The summed E-state index contributed by atoms with van der Waals surface area (Å²) >= 11 is 0. The Kier molecular flexibility index (Phi) is 5.64. The number of fused-ring (bicyclic) bond motifs is 5. The van der Waals surface area contributed by atoms with Gasteiger partial charge in [0.05, 0.1) is 0 Å². The minimum absolute atomic E-state index is 0.0584. The highest BCUT2D eigenvalue weighted by Gasteiger charge is 2.46. The third kappa shape index (κ3) is 3.92. The van der Waals surface area contributed by atoms with Gasteiger partial charge in [-0.2, -0.15) is 0 Å².